The van der Waals surface area contributed by atoms with Crippen molar-refractivity contribution >= 4 is 27.5 Å². The van der Waals surface area contributed by atoms with Gasteiger partial charge < -0.3 is 0 Å². The topological polar surface area (TPSA) is 23.8 Å². The SMILES string of the molecule is CC(C)(C#N)c1cc(Br)ccc1Cl. The largest absolute Gasteiger partial charge is 0.197 e. The highest BCUT2D eigenvalue weighted by molar-refractivity contribution is 9.10. The summed E-state index contributed by atoms with van der Waals surface area (Å²) in [6, 6.07) is 7.75. The van der Waals surface area contributed by atoms with E-state index in [2.05, 4.69) is 22.0 Å². The normalized spacial score (nSPS) is 11.0. The first-order valence-corrected chi connectivity index (χ1v) is 5.01. The number of nitrogens with zero attached hydrogens (tertiary/aromatic N) is 1. The van der Waals surface area contributed by atoms with Crippen LogP contribution in [0, 0.1) is 11.3 Å². The van der Waals surface area contributed by atoms with Crippen molar-refractivity contribution in [3.8, 4) is 6.07 Å². The lowest BCUT2D eigenvalue weighted by Crippen LogP contribution is -2.14. The Kier molecular flexibility index (Phi) is 3.00. The quantitative estimate of drug-likeness (QED) is 0.749. The minimum Gasteiger partial charge on any atom is -0.197 e. The van der Waals surface area contributed by atoms with Gasteiger partial charge >= 0.3 is 0 Å². The van der Waals surface area contributed by atoms with Gasteiger partial charge in [0.05, 0.1) is 11.5 Å². The van der Waals surface area contributed by atoms with Crippen LogP contribution in [0.4, 0.5) is 0 Å². The minimum absolute atomic E-state index is 0.541. The monoisotopic (exact) mass is 257 g/mol. The van der Waals surface area contributed by atoms with E-state index in [0.29, 0.717) is 5.02 Å². The molecule has 0 saturated carbocycles. The third-order valence-corrected chi connectivity index (χ3v) is 2.70. The molecule has 0 N–H and O–H groups in total. The first kappa shape index (κ1) is 10.6. The van der Waals surface area contributed by atoms with Crippen molar-refractivity contribution in [1.29, 1.82) is 5.26 Å². The first-order valence-electron chi connectivity index (χ1n) is 3.84. The van der Waals surface area contributed by atoms with E-state index in [4.69, 9.17) is 16.9 Å². The van der Waals surface area contributed by atoms with Gasteiger partial charge in [-0.2, -0.15) is 5.26 Å². The third kappa shape index (κ3) is 2.24. The Morgan fingerprint density at radius 1 is 1.46 bits per heavy atom. The van der Waals surface area contributed by atoms with E-state index in [1.807, 2.05) is 26.0 Å². The fourth-order valence-corrected chi connectivity index (χ4v) is 1.75. The fourth-order valence-electron chi connectivity index (χ4n) is 1.04. The predicted molar refractivity (Wildman–Crippen MR) is 57.8 cm³/mol. The molecule has 0 spiro atoms. The van der Waals surface area contributed by atoms with E-state index in [0.717, 1.165) is 10.0 Å². The Bertz CT molecular complexity index is 366. The zero-order valence-electron chi connectivity index (χ0n) is 7.44. The van der Waals surface area contributed by atoms with Crippen LogP contribution in [0.3, 0.4) is 0 Å². The molecule has 0 saturated heterocycles. The first-order chi connectivity index (χ1) is 5.97. The molecule has 0 fully saturated rings. The lowest BCUT2D eigenvalue weighted by molar-refractivity contribution is 0.686. The third-order valence-electron chi connectivity index (χ3n) is 1.88. The molecule has 1 aromatic carbocycles. The molecule has 0 amide bonds. The van der Waals surface area contributed by atoms with Crippen LogP contribution in [0.1, 0.15) is 19.4 Å². The summed E-state index contributed by atoms with van der Waals surface area (Å²) in [5, 5.41) is 9.57. The fraction of sp³-hybridized carbons (Fsp3) is 0.300. The maximum Gasteiger partial charge on any atom is 0.0781 e. The molecule has 1 nitrogen and oxygen atoms in total. The molecule has 1 rings (SSSR count). The molecule has 13 heavy (non-hydrogen) atoms. The average Bonchev–Trinajstić information content (AvgIpc) is 2.09. The number of hydrogen-bond donors (Lipinski definition) is 0. The van der Waals surface area contributed by atoms with Gasteiger partial charge in [-0.3, -0.25) is 0 Å². The van der Waals surface area contributed by atoms with Crippen molar-refractivity contribution in [2.75, 3.05) is 0 Å². The van der Waals surface area contributed by atoms with Crippen molar-refractivity contribution in [3.63, 3.8) is 0 Å². The highest BCUT2D eigenvalue weighted by Crippen LogP contribution is 2.31. The summed E-state index contributed by atoms with van der Waals surface area (Å²) in [6.45, 7) is 3.70. The molecule has 0 aliphatic carbocycles. The van der Waals surface area contributed by atoms with Crippen LogP contribution in [0.5, 0.6) is 0 Å². The van der Waals surface area contributed by atoms with Gasteiger partial charge in [-0.25, -0.2) is 0 Å². The number of halogens is 2. The van der Waals surface area contributed by atoms with Crippen LogP contribution in [-0.4, -0.2) is 0 Å². The van der Waals surface area contributed by atoms with Crippen molar-refractivity contribution in [2.45, 2.75) is 19.3 Å². The standard InChI is InChI=1S/C10H9BrClN/c1-10(2,6-13)8-5-7(11)3-4-9(8)12/h3-5H,1-2H3. The average molecular weight is 259 g/mol. The summed E-state index contributed by atoms with van der Waals surface area (Å²) in [5.74, 6) is 0. The molecular weight excluding hydrogens is 249 g/mol. The van der Waals surface area contributed by atoms with Gasteiger partial charge in [0.15, 0.2) is 0 Å². The molecule has 3 heteroatoms. The van der Waals surface area contributed by atoms with E-state index in [1.165, 1.54) is 0 Å². The second-order valence-electron chi connectivity index (χ2n) is 3.36. The molecule has 0 unspecified atom stereocenters. The second-order valence-corrected chi connectivity index (χ2v) is 4.68. The Morgan fingerprint density at radius 3 is 2.62 bits per heavy atom. The summed E-state index contributed by atoms with van der Waals surface area (Å²) >= 11 is 9.34. The highest BCUT2D eigenvalue weighted by Gasteiger charge is 2.22. The zero-order valence-corrected chi connectivity index (χ0v) is 9.78. The predicted octanol–water partition coefficient (Wildman–Crippen LogP) is 3.90. The molecule has 0 radical (unpaired) electrons. The molecule has 0 atom stereocenters. The van der Waals surface area contributed by atoms with Crippen LogP contribution in [0.2, 0.25) is 5.02 Å². The van der Waals surface area contributed by atoms with Gasteiger partial charge in [0.2, 0.25) is 0 Å². The molecule has 0 bridgehead atoms. The van der Waals surface area contributed by atoms with Crippen LogP contribution in [0.25, 0.3) is 0 Å². The van der Waals surface area contributed by atoms with Crippen molar-refractivity contribution < 1.29 is 0 Å². The minimum atomic E-state index is -0.541. The highest BCUT2D eigenvalue weighted by atomic mass is 79.9. The van der Waals surface area contributed by atoms with Crippen LogP contribution in [0.15, 0.2) is 22.7 Å². The second kappa shape index (κ2) is 3.69. The summed E-state index contributed by atoms with van der Waals surface area (Å²) in [5.41, 5.74) is 0.312. The van der Waals surface area contributed by atoms with E-state index >= 15 is 0 Å². The summed E-state index contributed by atoms with van der Waals surface area (Å²) in [6.07, 6.45) is 0. The summed E-state index contributed by atoms with van der Waals surface area (Å²) in [7, 11) is 0. The molecule has 0 aliphatic rings. The van der Waals surface area contributed by atoms with Gasteiger partial charge in [-0.15, -0.1) is 0 Å². The lowest BCUT2D eigenvalue weighted by Gasteiger charge is -2.17. The molecule has 1 aromatic rings. The maximum absolute atomic E-state index is 8.94. The summed E-state index contributed by atoms with van der Waals surface area (Å²) in [4.78, 5) is 0. The van der Waals surface area contributed by atoms with Gasteiger partial charge in [-0.05, 0) is 37.6 Å². The number of hydrogen-bond acceptors (Lipinski definition) is 1. The Balaban J connectivity index is 3.30. The smallest absolute Gasteiger partial charge is 0.0781 e. The van der Waals surface area contributed by atoms with Gasteiger partial charge in [-0.1, -0.05) is 27.5 Å². The molecule has 0 aliphatic heterocycles. The Morgan fingerprint density at radius 2 is 2.08 bits per heavy atom. The van der Waals surface area contributed by atoms with Crippen LogP contribution >= 0.6 is 27.5 Å². The zero-order chi connectivity index (χ0) is 10.1. The van der Waals surface area contributed by atoms with Crippen molar-refractivity contribution in [1.82, 2.24) is 0 Å². The van der Waals surface area contributed by atoms with Crippen LogP contribution in [-0.2, 0) is 5.41 Å². The van der Waals surface area contributed by atoms with Gasteiger partial charge in [0, 0.05) is 9.50 Å². The van der Waals surface area contributed by atoms with Crippen LogP contribution < -0.4 is 0 Å². The molecule has 0 aromatic heterocycles. The molecule has 0 heterocycles. The molecule has 68 valence electrons. The van der Waals surface area contributed by atoms with Crippen molar-refractivity contribution in [2.24, 2.45) is 0 Å². The Labute approximate surface area is 91.5 Å². The van der Waals surface area contributed by atoms with E-state index < -0.39 is 5.41 Å². The number of rotatable bonds is 1. The summed E-state index contributed by atoms with van der Waals surface area (Å²) < 4.78 is 0.940. The van der Waals surface area contributed by atoms with Gasteiger partial charge in [0.25, 0.3) is 0 Å². The lowest BCUT2D eigenvalue weighted by atomic mass is 9.86. The maximum atomic E-state index is 8.94. The van der Waals surface area contributed by atoms with E-state index in [-0.39, 0.29) is 0 Å². The number of nitriles is 1. The van der Waals surface area contributed by atoms with Gasteiger partial charge in [0.1, 0.15) is 0 Å². The van der Waals surface area contributed by atoms with Crippen molar-refractivity contribution in [3.05, 3.63) is 33.3 Å². The van der Waals surface area contributed by atoms with E-state index in [1.54, 1.807) is 6.07 Å². The van der Waals surface area contributed by atoms with E-state index in [9.17, 15) is 0 Å². The number of benzene rings is 1. The molecular formula is C10H9BrClN. The Hall–Kier alpha value is -0.520.